The van der Waals surface area contributed by atoms with Crippen molar-refractivity contribution >= 4 is 11.0 Å². The van der Waals surface area contributed by atoms with Gasteiger partial charge in [-0.05, 0) is 18.2 Å². The summed E-state index contributed by atoms with van der Waals surface area (Å²) in [6.07, 6.45) is -8.20. The van der Waals surface area contributed by atoms with Crippen LogP contribution in [0.1, 0.15) is 0 Å². The highest BCUT2D eigenvalue weighted by molar-refractivity contribution is 5.91. The van der Waals surface area contributed by atoms with E-state index >= 15 is 0 Å². The SMILES string of the molecule is COc1ccc(-c2oc3cc(O)c(OC)c(O[C@@H]4O[C@H](CO)[C@@H](O)[C@H](O)[C@H]4O)c3c(=O)c2OC)cc1O. The minimum absolute atomic E-state index is 0.0821. The molecule has 13 heteroatoms. The summed E-state index contributed by atoms with van der Waals surface area (Å²) in [4.78, 5) is 13.6. The Balaban J connectivity index is 1.92. The Hall–Kier alpha value is -3.75. The summed E-state index contributed by atoms with van der Waals surface area (Å²) < 4.78 is 32.5. The molecule has 13 nitrogen and oxygen atoms in total. The summed E-state index contributed by atoms with van der Waals surface area (Å²) in [6.45, 7) is -0.712. The molecule has 0 saturated carbocycles. The molecule has 0 unspecified atom stereocenters. The van der Waals surface area contributed by atoms with Crippen molar-refractivity contribution < 1.29 is 58.7 Å². The lowest BCUT2D eigenvalue weighted by Crippen LogP contribution is -2.60. The van der Waals surface area contributed by atoms with Crippen molar-refractivity contribution in [1.82, 2.24) is 0 Å². The van der Waals surface area contributed by atoms with Crippen LogP contribution in [0.15, 0.2) is 33.5 Å². The molecular weight excluding hydrogens is 496 g/mol. The molecule has 0 aliphatic carbocycles. The first-order valence-electron chi connectivity index (χ1n) is 11.0. The van der Waals surface area contributed by atoms with Gasteiger partial charge in [0.1, 0.15) is 35.4 Å². The van der Waals surface area contributed by atoms with E-state index in [0.717, 1.165) is 6.07 Å². The number of hydrogen-bond donors (Lipinski definition) is 6. The van der Waals surface area contributed by atoms with Crippen LogP contribution in [0.4, 0.5) is 0 Å². The van der Waals surface area contributed by atoms with Crippen molar-refractivity contribution in [3.8, 4) is 45.8 Å². The highest BCUT2D eigenvalue weighted by Gasteiger charge is 2.45. The molecule has 1 aliphatic heterocycles. The molecule has 2 heterocycles. The van der Waals surface area contributed by atoms with Crippen LogP contribution in [0.3, 0.4) is 0 Å². The molecule has 37 heavy (non-hydrogen) atoms. The Morgan fingerprint density at radius 2 is 1.57 bits per heavy atom. The van der Waals surface area contributed by atoms with Gasteiger partial charge in [-0.15, -0.1) is 0 Å². The lowest BCUT2D eigenvalue weighted by Gasteiger charge is -2.39. The van der Waals surface area contributed by atoms with Crippen LogP contribution in [-0.4, -0.2) is 89.3 Å². The molecule has 1 aliphatic rings. The zero-order chi connectivity index (χ0) is 27.0. The van der Waals surface area contributed by atoms with Crippen molar-refractivity contribution in [1.29, 1.82) is 0 Å². The molecule has 200 valence electrons. The van der Waals surface area contributed by atoms with E-state index < -0.39 is 54.2 Å². The number of benzene rings is 2. The van der Waals surface area contributed by atoms with E-state index in [4.69, 9.17) is 28.1 Å². The quantitative estimate of drug-likeness (QED) is 0.244. The largest absolute Gasteiger partial charge is 0.504 e. The maximum Gasteiger partial charge on any atom is 0.239 e. The number of aliphatic hydroxyl groups is 4. The van der Waals surface area contributed by atoms with Gasteiger partial charge in [0.15, 0.2) is 28.8 Å². The van der Waals surface area contributed by atoms with Gasteiger partial charge in [0, 0.05) is 11.6 Å². The number of hydrogen-bond acceptors (Lipinski definition) is 13. The number of aromatic hydroxyl groups is 2. The lowest BCUT2D eigenvalue weighted by molar-refractivity contribution is -0.277. The first kappa shape index (κ1) is 26.3. The third kappa shape index (κ3) is 4.47. The first-order valence-corrected chi connectivity index (χ1v) is 11.0. The van der Waals surface area contributed by atoms with Gasteiger partial charge in [-0.2, -0.15) is 0 Å². The van der Waals surface area contributed by atoms with Gasteiger partial charge in [0.05, 0.1) is 27.9 Å². The fraction of sp³-hybridized carbons (Fsp3) is 0.375. The molecule has 1 aromatic heterocycles. The number of aliphatic hydroxyl groups excluding tert-OH is 4. The summed E-state index contributed by atoms with van der Waals surface area (Å²) >= 11 is 0. The fourth-order valence-electron chi connectivity index (χ4n) is 4.07. The van der Waals surface area contributed by atoms with Gasteiger partial charge < -0.3 is 58.7 Å². The van der Waals surface area contributed by atoms with E-state index in [1.807, 2.05) is 0 Å². The number of phenolic OH excluding ortho intramolecular Hbond substituents is 2. The molecule has 4 rings (SSSR count). The minimum Gasteiger partial charge on any atom is -0.504 e. The first-order chi connectivity index (χ1) is 17.7. The van der Waals surface area contributed by atoms with Crippen LogP contribution in [0, 0.1) is 0 Å². The van der Waals surface area contributed by atoms with E-state index in [9.17, 15) is 35.4 Å². The zero-order valence-electron chi connectivity index (χ0n) is 19.9. The number of methoxy groups -OCH3 is 3. The van der Waals surface area contributed by atoms with Gasteiger partial charge >= 0.3 is 0 Å². The minimum atomic E-state index is -1.81. The molecule has 0 spiro atoms. The number of phenols is 2. The predicted molar refractivity (Wildman–Crippen MR) is 125 cm³/mol. The normalized spacial score (nSPS) is 23.6. The molecule has 0 amide bonds. The molecule has 0 bridgehead atoms. The van der Waals surface area contributed by atoms with Gasteiger partial charge in [0.25, 0.3) is 0 Å². The summed E-state index contributed by atoms with van der Waals surface area (Å²) in [5.74, 6) is -1.67. The van der Waals surface area contributed by atoms with E-state index in [1.165, 1.54) is 39.5 Å². The Morgan fingerprint density at radius 3 is 2.16 bits per heavy atom. The highest BCUT2D eigenvalue weighted by Crippen LogP contribution is 2.45. The molecule has 5 atom stereocenters. The van der Waals surface area contributed by atoms with Gasteiger partial charge in [-0.25, -0.2) is 0 Å². The second kappa shape index (κ2) is 10.3. The lowest BCUT2D eigenvalue weighted by atomic mass is 9.99. The molecule has 0 radical (unpaired) electrons. The monoisotopic (exact) mass is 522 g/mol. The van der Waals surface area contributed by atoms with Crippen LogP contribution in [0.5, 0.6) is 34.5 Å². The number of fused-ring (bicyclic) bond motifs is 1. The van der Waals surface area contributed by atoms with Crippen LogP contribution >= 0.6 is 0 Å². The third-order valence-electron chi connectivity index (χ3n) is 5.96. The van der Waals surface area contributed by atoms with Crippen molar-refractivity contribution in [3.63, 3.8) is 0 Å². The van der Waals surface area contributed by atoms with Crippen LogP contribution in [0.25, 0.3) is 22.3 Å². The second-order valence-corrected chi connectivity index (χ2v) is 8.13. The Kier molecular flexibility index (Phi) is 7.34. The molecule has 1 saturated heterocycles. The zero-order valence-corrected chi connectivity index (χ0v) is 19.9. The smallest absolute Gasteiger partial charge is 0.239 e. The fourth-order valence-corrected chi connectivity index (χ4v) is 4.07. The van der Waals surface area contributed by atoms with E-state index in [2.05, 4.69) is 0 Å². The Morgan fingerprint density at radius 1 is 0.865 bits per heavy atom. The number of rotatable bonds is 7. The Bertz CT molecular complexity index is 1350. The van der Waals surface area contributed by atoms with E-state index in [-0.39, 0.29) is 45.3 Å². The highest BCUT2D eigenvalue weighted by atomic mass is 16.7. The van der Waals surface area contributed by atoms with Crippen molar-refractivity contribution in [2.45, 2.75) is 30.7 Å². The Labute approximate surface area is 209 Å². The average Bonchev–Trinajstić information content (AvgIpc) is 2.88. The predicted octanol–water partition coefficient (Wildman–Crippen LogP) is 0.0757. The maximum absolute atomic E-state index is 13.6. The molecule has 2 aromatic carbocycles. The summed E-state index contributed by atoms with van der Waals surface area (Å²) in [5, 5.41) is 60.5. The summed E-state index contributed by atoms with van der Waals surface area (Å²) in [5.41, 5.74) is -0.707. The molecular formula is C24H26O13. The number of ether oxygens (including phenoxy) is 5. The standard InChI is InChI=1S/C24H26O13/c1-32-12-5-4-9(6-10(12)26)20-23(34-3)17(29)15-13(35-20)7-11(27)21(33-2)22(15)37-24-19(31)18(30)16(28)14(8-25)36-24/h4-7,14,16,18-19,24-28,30-31H,8H2,1-3H3/t14-,16-,18+,19-,24+/m1/s1. The second-order valence-electron chi connectivity index (χ2n) is 8.13. The van der Waals surface area contributed by atoms with Gasteiger partial charge in [-0.1, -0.05) is 0 Å². The van der Waals surface area contributed by atoms with Gasteiger partial charge in [0.2, 0.25) is 23.2 Å². The van der Waals surface area contributed by atoms with Crippen molar-refractivity contribution in [2.75, 3.05) is 27.9 Å². The summed E-state index contributed by atoms with van der Waals surface area (Å²) in [6, 6.07) is 5.36. The molecule has 3 aromatic rings. The maximum atomic E-state index is 13.6. The summed E-state index contributed by atoms with van der Waals surface area (Å²) in [7, 11) is 3.79. The third-order valence-corrected chi connectivity index (χ3v) is 5.96. The average molecular weight is 522 g/mol. The molecule has 6 N–H and O–H groups in total. The van der Waals surface area contributed by atoms with E-state index in [0.29, 0.717) is 0 Å². The van der Waals surface area contributed by atoms with Gasteiger partial charge in [-0.3, -0.25) is 4.79 Å². The molecule has 1 fully saturated rings. The van der Waals surface area contributed by atoms with Crippen molar-refractivity contribution in [2.24, 2.45) is 0 Å². The van der Waals surface area contributed by atoms with E-state index in [1.54, 1.807) is 0 Å². The van der Waals surface area contributed by atoms with Crippen LogP contribution in [-0.2, 0) is 4.74 Å². The van der Waals surface area contributed by atoms with Crippen molar-refractivity contribution in [3.05, 3.63) is 34.5 Å². The van der Waals surface area contributed by atoms with Crippen LogP contribution in [0.2, 0.25) is 0 Å². The van der Waals surface area contributed by atoms with Crippen LogP contribution < -0.4 is 24.4 Å². The topological polar surface area (TPSA) is 198 Å².